The summed E-state index contributed by atoms with van der Waals surface area (Å²) in [5.41, 5.74) is 0. The van der Waals surface area contributed by atoms with Gasteiger partial charge in [-0.05, 0) is 6.42 Å². The minimum Gasteiger partial charge on any atom is -0.118 e. The van der Waals surface area contributed by atoms with E-state index in [1.807, 2.05) is 0 Å². The van der Waals surface area contributed by atoms with Crippen LogP contribution in [0.25, 0.3) is 0 Å². The standard InChI is InChI=1S/C15H31B/c1-8-9-10-11-16(14(6)12(2)3)15(7)13(4)5/h10-15H,8-9H2,1-7H3/b11-10-. The van der Waals surface area contributed by atoms with Crippen LogP contribution in [0.1, 0.15) is 61.3 Å². The molecular formula is C15H31B. The molecule has 0 heterocycles. The number of allylic oxidation sites excluding steroid dienone is 1. The van der Waals surface area contributed by atoms with Crippen LogP contribution in [0.4, 0.5) is 0 Å². The number of hydrogen-bond donors (Lipinski definition) is 0. The van der Waals surface area contributed by atoms with E-state index in [0.29, 0.717) is 0 Å². The summed E-state index contributed by atoms with van der Waals surface area (Å²) in [6.45, 7) is 17.2. The Labute approximate surface area is 104 Å². The van der Waals surface area contributed by atoms with Crippen LogP contribution in [0, 0.1) is 11.8 Å². The summed E-state index contributed by atoms with van der Waals surface area (Å²) in [6, 6.07) is 0. The Hall–Kier alpha value is -0.195. The van der Waals surface area contributed by atoms with Crippen molar-refractivity contribution >= 4 is 6.71 Å². The van der Waals surface area contributed by atoms with E-state index < -0.39 is 0 Å². The van der Waals surface area contributed by atoms with Crippen LogP contribution in [0.5, 0.6) is 0 Å². The van der Waals surface area contributed by atoms with Crippen molar-refractivity contribution < 1.29 is 0 Å². The number of rotatable bonds is 7. The maximum atomic E-state index is 2.48. The van der Waals surface area contributed by atoms with Gasteiger partial charge >= 0.3 is 0 Å². The smallest absolute Gasteiger partial charge is 0.118 e. The molecule has 0 aromatic rings. The van der Waals surface area contributed by atoms with Crippen molar-refractivity contribution in [3.8, 4) is 0 Å². The van der Waals surface area contributed by atoms with Crippen LogP contribution in [0.15, 0.2) is 12.1 Å². The minimum absolute atomic E-state index is 0.742. The molecule has 0 rings (SSSR count). The van der Waals surface area contributed by atoms with Crippen molar-refractivity contribution in [2.24, 2.45) is 11.8 Å². The Morgan fingerprint density at radius 2 is 1.31 bits per heavy atom. The second-order valence-electron chi connectivity index (χ2n) is 6.00. The van der Waals surface area contributed by atoms with Gasteiger partial charge in [0.25, 0.3) is 0 Å². The van der Waals surface area contributed by atoms with E-state index >= 15 is 0 Å². The SMILES string of the molecule is CCC/C=C\B(C(C)C(C)C)C(C)C(C)C. The van der Waals surface area contributed by atoms with Crippen molar-refractivity contribution in [2.45, 2.75) is 72.9 Å². The van der Waals surface area contributed by atoms with Gasteiger partial charge in [-0.1, -0.05) is 84.4 Å². The molecule has 0 aliphatic heterocycles. The molecule has 0 saturated carbocycles. The third-order valence-corrected chi connectivity index (χ3v) is 4.13. The lowest BCUT2D eigenvalue weighted by molar-refractivity contribution is 0.566. The number of unbranched alkanes of at least 4 members (excludes halogenated alkanes) is 1. The lowest BCUT2D eigenvalue weighted by Crippen LogP contribution is -2.28. The van der Waals surface area contributed by atoms with Gasteiger partial charge in [-0.15, -0.1) is 5.98 Å². The highest BCUT2D eigenvalue weighted by atomic mass is 14.1. The molecular weight excluding hydrogens is 191 g/mol. The molecule has 0 bridgehead atoms. The molecule has 0 N–H and O–H groups in total. The predicted octanol–water partition coefficient (Wildman–Crippen LogP) is 5.47. The van der Waals surface area contributed by atoms with E-state index in [1.165, 1.54) is 12.8 Å². The lowest BCUT2D eigenvalue weighted by atomic mass is 9.31. The molecule has 0 aliphatic rings. The summed E-state index contributed by atoms with van der Waals surface area (Å²) in [5.74, 6) is 5.60. The van der Waals surface area contributed by atoms with Gasteiger partial charge in [0.1, 0.15) is 0 Å². The molecule has 0 aromatic heterocycles. The third kappa shape index (κ3) is 5.23. The fraction of sp³-hybridized carbons (Fsp3) is 0.867. The van der Waals surface area contributed by atoms with Crippen LogP contribution in [0.3, 0.4) is 0 Å². The molecule has 94 valence electrons. The molecule has 0 nitrogen and oxygen atoms in total. The van der Waals surface area contributed by atoms with Crippen molar-refractivity contribution in [2.75, 3.05) is 0 Å². The van der Waals surface area contributed by atoms with Crippen molar-refractivity contribution in [1.82, 2.24) is 0 Å². The Morgan fingerprint density at radius 1 is 0.875 bits per heavy atom. The zero-order valence-corrected chi connectivity index (χ0v) is 12.5. The topological polar surface area (TPSA) is 0 Å². The summed E-state index contributed by atoms with van der Waals surface area (Å²) >= 11 is 0. The second kappa shape index (κ2) is 7.98. The summed E-state index contributed by atoms with van der Waals surface area (Å²) in [4.78, 5) is 0. The molecule has 2 unspecified atom stereocenters. The monoisotopic (exact) mass is 222 g/mol. The highest BCUT2D eigenvalue weighted by Crippen LogP contribution is 2.33. The molecule has 0 amide bonds. The predicted molar refractivity (Wildman–Crippen MR) is 78.3 cm³/mol. The highest BCUT2D eigenvalue weighted by Gasteiger charge is 2.28. The van der Waals surface area contributed by atoms with Crippen LogP contribution >= 0.6 is 0 Å². The normalized spacial score (nSPS) is 16.1. The fourth-order valence-corrected chi connectivity index (χ4v) is 2.14. The summed E-state index contributed by atoms with van der Waals surface area (Å²) in [7, 11) is 0. The van der Waals surface area contributed by atoms with E-state index in [4.69, 9.17) is 0 Å². The largest absolute Gasteiger partial charge is 0.172 e. The summed E-state index contributed by atoms with van der Waals surface area (Å²) in [5, 5.41) is 0. The zero-order chi connectivity index (χ0) is 12.7. The summed E-state index contributed by atoms with van der Waals surface area (Å²) < 4.78 is 0. The van der Waals surface area contributed by atoms with Crippen LogP contribution in [-0.4, -0.2) is 6.71 Å². The average Bonchev–Trinajstić information content (AvgIpc) is 2.22. The quantitative estimate of drug-likeness (QED) is 0.501. The van der Waals surface area contributed by atoms with E-state index in [9.17, 15) is 0 Å². The van der Waals surface area contributed by atoms with Gasteiger partial charge in [-0.3, -0.25) is 0 Å². The molecule has 1 heteroatoms. The average molecular weight is 222 g/mol. The Morgan fingerprint density at radius 3 is 1.62 bits per heavy atom. The molecule has 16 heavy (non-hydrogen) atoms. The molecule has 0 radical (unpaired) electrons. The summed E-state index contributed by atoms with van der Waals surface area (Å²) in [6.07, 6.45) is 4.88. The number of hydrogen-bond acceptors (Lipinski definition) is 0. The van der Waals surface area contributed by atoms with Gasteiger partial charge in [0.2, 0.25) is 0 Å². The van der Waals surface area contributed by atoms with E-state index in [-0.39, 0.29) is 0 Å². The Balaban J connectivity index is 4.62. The molecule has 0 aliphatic carbocycles. The molecule has 0 aromatic carbocycles. The second-order valence-corrected chi connectivity index (χ2v) is 6.00. The maximum absolute atomic E-state index is 2.48. The molecule has 0 saturated heterocycles. The van der Waals surface area contributed by atoms with Crippen LogP contribution in [0.2, 0.25) is 11.6 Å². The first-order valence-electron chi connectivity index (χ1n) is 7.08. The van der Waals surface area contributed by atoms with Gasteiger partial charge in [-0.2, -0.15) is 0 Å². The first-order valence-corrected chi connectivity index (χ1v) is 7.08. The van der Waals surface area contributed by atoms with Gasteiger partial charge in [-0.25, -0.2) is 0 Å². The van der Waals surface area contributed by atoms with Gasteiger partial charge in [0.15, 0.2) is 6.71 Å². The third-order valence-electron chi connectivity index (χ3n) is 4.13. The first kappa shape index (κ1) is 15.8. The van der Waals surface area contributed by atoms with Crippen molar-refractivity contribution in [3.05, 3.63) is 12.1 Å². The Bertz CT molecular complexity index is 180. The van der Waals surface area contributed by atoms with E-state index in [1.54, 1.807) is 0 Å². The first-order chi connectivity index (χ1) is 7.41. The van der Waals surface area contributed by atoms with E-state index in [2.05, 4.69) is 60.5 Å². The molecule has 0 spiro atoms. The maximum Gasteiger partial charge on any atom is 0.172 e. The van der Waals surface area contributed by atoms with Gasteiger partial charge in [0, 0.05) is 0 Å². The van der Waals surface area contributed by atoms with Crippen LogP contribution < -0.4 is 0 Å². The molecule has 2 atom stereocenters. The fourth-order valence-electron chi connectivity index (χ4n) is 2.14. The molecule has 0 fully saturated rings. The Kier molecular flexibility index (Phi) is 7.88. The van der Waals surface area contributed by atoms with E-state index in [0.717, 1.165) is 30.2 Å². The van der Waals surface area contributed by atoms with Gasteiger partial charge in [0.05, 0.1) is 0 Å². The van der Waals surface area contributed by atoms with Crippen LogP contribution in [-0.2, 0) is 0 Å². The highest BCUT2D eigenvalue weighted by molar-refractivity contribution is 6.67. The van der Waals surface area contributed by atoms with Crippen molar-refractivity contribution in [3.63, 3.8) is 0 Å². The lowest BCUT2D eigenvalue weighted by Gasteiger charge is -2.29. The van der Waals surface area contributed by atoms with Crippen molar-refractivity contribution in [1.29, 1.82) is 0 Å². The van der Waals surface area contributed by atoms with Gasteiger partial charge < -0.3 is 0 Å². The minimum atomic E-state index is 0.742. The zero-order valence-electron chi connectivity index (χ0n) is 12.5.